The number of anilines is 6. The van der Waals surface area contributed by atoms with Gasteiger partial charge in [-0.3, -0.25) is 0 Å². The maximum Gasteiger partial charge on any atom is 0.0475 e. The van der Waals surface area contributed by atoms with Crippen LogP contribution in [0.4, 0.5) is 34.1 Å². The first-order chi connectivity index (χ1) is 34.7. The lowest BCUT2D eigenvalue weighted by Crippen LogP contribution is -2.10. The first-order valence-electron chi connectivity index (χ1n) is 23.7. The Labute approximate surface area is 415 Å². The monoisotopic (exact) mass is 928 g/mol. The fraction of sp³-hybridized carbons (Fsp3) is 0. The Balaban J connectivity index is 1.08. The van der Waals surface area contributed by atoms with Gasteiger partial charge in [0.05, 0.1) is 0 Å². The summed E-state index contributed by atoms with van der Waals surface area (Å²) < 4.78 is 5.10. The second-order valence-corrected chi connectivity index (χ2v) is 19.7. The topological polar surface area (TPSA) is 6.48 Å². The van der Waals surface area contributed by atoms with Gasteiger partial charge in [-0.1, -0.05) is 182 Å². The number of hydrogen-bond donors (Lipinski definition) is 0. The molecule has 4 heteroatoms. The summed E-state index contributed by atoms with van der Waals surface area (Å²) >= 11 is 3.77. The summed E-state index contributed by atoms with van der Waals surface area (Å²) in [6, 6.07) is 97.4. The summed E-state index contributed by atoms with van der Waals surface area (Å²) in [6.07, 6.45) is 0. The Kier molecular flexibility index (Phi) is 10.6. The lowest BCUT2D eigenvalue weighted by atomic mass is 9.91. The smallest absolute Gasteiger partial charge is 0.0475 e. The molecule has 0 radical (unpaired) electrons. The molecular weight excluding hydrogens is 885 g/mol. The quantitative estimate of drug-likeness (QED) is 0.135. The molecule has 2 nitrogen and oxygen atoms in total. The van der Waals surface area contributed by atoms with Gasteiger partial charge in [0.15, 0.2) is 0 Å². The third-order valence-electron chi connectivity index (χ3n) is 13.4. The lowest BCUT2D eigenvalue weighted by Gasteiger charge is -2.28. The van der Waals surface area contributed by atoms with Crippen molar-refractivity contribution in [3.8, 4) is 44.5 Å². The van der Waals surface area contributed by atoms with Crippen LogP contribution in [0.3, 0.4) is 0 Å². The van der Waals surface area contributed by atoms with Gasteiger partial charge < -0.3 is 9.80 Å². The number of nitrogens with zero attached hydrogens (tertiary/aromatic N) is 2. The Morgan fingerprint density at radius 1 is 0.214 bits per heavy atom. The van der Waals surface area contributed by atoms with E-state index in [2.05, 4.69) is 277 Å². The van der Waals surface area contributed by atoms with Gasteiger partial charge in [0.25, 0.3) is 0 Å². The molecule has 0 fully saturated rings. The van der Waals surface area contributed by atoms with E-state index in [1.807, 2.05) is 22.7 Å². The summed E-state index contributed by atoms with van der Waals surface area (Å²) in [5.74, 6) is 0. The average Bonchev–Trinajstić information content (AvgIpc) is 4.01. The van der Waals surface area contributed by atoms with Crippen LogP contribution in [0.15, 0.2) is 267 Å². The van der Waals surface area contributed by atoms with Crippen LogP contribution in [0, 0.1) is 0 Å². The van der Waals surface area contributed by atoms with Crippen molar-refractivity contribution < 1.29 is 0 Å². The van der Waals surface area contributed by atoms with Crippen molar-refractivity contribution in [2.45, 2.75) is 0 Å². The zero-order valence-electron chi connectivity index (χ0n) is 38.1. The van der Waals surface area contributed by atoms with E-state index in [-0.39, 0.29) is 0 Å². The van der Waals surface area contributed by atoms with Gasteiger partial charge >= 0.3 is 0 Å². The van der Waals surface area contributed by atoms with Gasteiger partial charge in [-0.25, -0.2) is 0 Å². The second kappa shape index (κ2) is 17.8. The molecule has 11 aromatic carbocycles. The molecule has 13 rings (SSSR count). The van der Waals surface area contributed by atoms with E-state index in [0.717, 1.165) is 34.1 Å². The van der Waals surface area contributed by atoms with E-state index >= 15 is 0 Å². The second-order valence-electron chi connectivity index (χ2n) is 17.6. The van der Waals surface area contributed by atoms with Crippen molar-refractivity contribution in [3.63, 3.8) is 0 Å². The molecule has 0 atom stereocenters. The molecular formula is C66H44N2S2. The molecule has 0 saturated heterocycles. The molecule has 0 aliphatic carbocycles. The summed E-state index contributed by atoms with van der Waals surface area (Å²) in [6.45, 7) is 0. The van der Waals surface area contributed by atoms with Gasteiger partial charge in [-0.2, -0.15) is 0 Å². The molecule has 13 aromatic rings. The predicted octanol–water partition coefficient (Wildman–Crippen LogP) is 20.0. The molecule has 70 heavy (non-hydrogen) atoms. The number of thiophene rings is 2. The minimum absolute atomic E-state index is 1.09. The highest BCUT2D eigenvalue weighted by Gasteiger charge is 2.24. The number of fused-ring (bicyclic) bond motifs is 6. The Morgan fingerprint density at radius 2 is 0.571 bits per heavy atom. The number of para-hydroxylation sites is 3. The Bertz CT molecular complexity index is 3960. The van der Waals surface area contributed by atoms with Crippen LogP contribution in [0.1, 0.15) is 0 Å². The van der Waals surface area contributed by atoms with E-state index in [4.69, 9.17) is 0 Å². The van der Waals surface area contributed by atoms with E-state index in [0.29, 0.717) is 0 Å². The van der Waals surface area contributed by atoms with E-state index < -0.39 is 0 Å². The van der Waals surface area contributed by atoms with Crippen LogP contribution in [0.25, 0.3) is 84.9 Å². The lowest BCUT2D eigenvalue weighted by molar-refractivity contribution is 1.29. The van der Waals surface area contributed by atoms with Gasteiger partial charge in [-0.15, -0.1) is 22.7 Å². The standard InChI is InChI=1S/C66H44N2S2/c1-6-22-45(23-7-1)53-39-38-50(40-58(53)46-24-8-2-9-25-46)68(49-30-14-5-15-31-49)52-42-60(66-62(44-52)57-35-19-21-37-64(57)70-66)55-33-17-16-32-54(55)59-41-51(43-61-56-34-18-20-36-63(56)69-65(59)61)67(47-26-10-3-11-27-47)48-28-12-4-13-29-48/h1-44H. The van der Waals surface area contributed by atoms with Crippen LogP contribution in [0.2, 0.25) is 0 Å². The maximum atomic E-state index is 2.45. The zero-order chi connectivity index (χ0) is 46.4. The molecule has 0 N–H and O–H groups in total. The van der Waals surface area contributed by atoms with Gasteiger partial charge in [0.1, 0.15) is 0 Å². The summed E-state index contributed by atoms with van der Waals surface area (Å²) in [5.41, 5.74) is 16.2. The largest absolute Gasteiger partial charge is 0.310 e. The first-order valence-corrected chi connectivity index (χ1v) is 25.4. The van der Waals surface area contributed by atoms with Crippen molar-refractivity contribution in [2.75, 3.05) is 9.80 Å². The van der Waals surface area contributed by atoms with Crippen LogP contribution in [0.5, 0.6) is 0 Å². The third-order valence-corrected chi connectivity index (χ3v) is 15.9. The SMILES string of the molecule is c1ccc(-c2ccc(N(c3ccccc3)c3cc(-c4ccccc4-c4cc(N(c5ccccc5)c5ccccc5)cc5c4sc4ccccc45)c4sc5ccccc5c4c3)cc2-c2ccccc2)cc1. The Morgan fingerprint density at radius 3 is 1.03 bits per heavy atom. The van der Waals surface area contributed by atoms with E-state index in [1.54, 1.807) is 0 Å². The van der Waals surface area contributed by atoms with Crippen LogP contribution < -0.4 is 9.80 Å². The highest BCUT2D eigenvalue weighted by atomic mass is 32.1. The number of hydrogen-bond acceptors (Lipinski definition) is 4. The van der Waals surface area contributed by atoms with Gasteiger partial charge in [0, 0.05) is 85.6 Å². The van der Waals surface area contributed by atoms with Crippen LogP contribution in [-0.2, 0) is 0 Å². The summed E-state index contributed by atoms with van der Waals surface area (Å²) in [5, 5.41) is 5.03. The first kappa shape index (κ1) is 41.6. The maximum absolute atomic E-state index is 2.45. The van der Waals surface area contributed by atoms with Crippen molar-refractivity contribution in [1.82, 2.24) is 0 Å². The molecule has 0 aliphatic heterocycles. The molecule has 0 amide bonds. The Hall–Kier alpha value is -8.54. The van der Waals surface area contributed by atoms with Crippen molar-refractivity contribution >= 4 is 97.1 Å². The van der Waals surface area contributed by atoms with Crippen molar-refractivity contribution in [2.24, 2.45) is 0 Å². The average molecular weight is 929 g/mol. The molecule has 330 valence electrons. The number of benzene rings is 11. The van der Waals surface area contributed by atoms with Gasteiger partial charge in [-0.05, 0) is 118 Å². The number of rotatable bonds is 10. The van der Waals surface area contributed by atoms with Gasteiger partial charge in [0.2, 0.25) is 0 Å². The minimum Gasteiger partial charge on any atom is -0.310 e. The molecule has 0 spiro atoms. The molecule has 0 saturated carbocycles. The fourth-order valence-electron chi connectivity index (χ4n) is 10.3. The highest BCUT2D eigenvalue weighted by molar-refractivity contribution is 7.26. The van der Waals surface area contributed by atoms with E-state index in [9.17, 15) is 0 Å². The normalized spacial score (nSPS) is 11.4. The van der Waals surface area contributed by atoms with Crippen molar-refractivity contribution in [3.05, 3.63) is 267 Å². The zero-order valence-corrected chi connectivity index (χ0v) is 39.7. The molecule has 2 aromatic heterocycles. The van der Waals surface area contributed by atoms with Crippen LogP contribution >= 0.6 is 22.7 Å². The molecule has 0 bridgehead atoms. The summed E-state index contributed by atoms with van der Waals surface area (Å²) in [7, 11) is 0. The molecule has 0 unspecified atom stereocenters. The van der Waals surface area contributed by atoms with Crippen molar-refractivity contribution in [1.29, 1.82) is 0 Å². The fourth-order valence-corrected chi connectivity index (χ4v) is 12.7. The highest BCUT2D eigenvalue weighted by Crippen LogP contribution is 2.51. The van der Waals surface area contributed by atoms with Crippen LogP contribution in [-0.4, -0.2) is 0 Å². The predicted molar refractivity (Wildman–Crippen MR) is 303 cm³/mol. The third kappa shape index (κ3) is 7.42. The summed E-state index contributed by atoms with van der Waals surface area (Å²) in [4.78, 5) is 4.84. The molecule has 2 heterocycles. The van der Waals surface area contributed by atoms with E-state index in [1.165, 1.54) is 84.9 Å². The molecule has 0 aliphatic rings. The minimum atomic E-state index is 1.09.